The van der Waals surface area contributed by atoms with Gasteiger partial charge in [0, 0.05) is 31.1 Å². The molecule has 0 amide bonds. The van der Waals surface area contributed by atoms with Gasteiger partial charge >= 0.3 is 0 Å². The number of rotatable bonds is 3. The summed E-state index contributed by atoms with van der Waals surface area (Å²) >= 11 is 0. The Hall–Kier alpha value is -1.32. The number of hydrogen-bond acceptors (Lipinski definition) is 4. The lowest BCUT2D eigenvalue weighted by atomic mass is 10.1. The van der Waals surface area contributed by atoms with Crippen LogP contribution in [0.25, 0.3) is 0 Å². The van der Waals surface area contributed by atoms with E-state index in [1.54, 1.807) is 0 Å². The predicted molar refractivity (Wildman–Crippen MR) is 76.8 cm³/mol. The molecule has 4 rings (SSSR count). The molecule has 2 aliphatic carbocycles. The minimum Gasteiger partial charge on any atom is -0.373 e. The highest BCUT2D eigenvalue weighted by molar-refractivity contribution is 5.60. The first-order chi connectivity index (χ1) is 9.26. The summed E-state index contributed by atoms with van der Waals surface area (Å²) in [7, 11) is 1.96. The van der Waals surface area contributed by atoms with E-state index in [1.807, 2.05) is 7.05 Å². The quantitative estimate of drug-likeness (QED) is 0.905. The maximum Gasteiger partial charge on any atom is 0.137 e. The average molecular weight is 258 g/mol. The summed E-state index contributed by atoms with van der Waals surface area (Å²) in [5, 5.41) is 3.25. The van der Waals surface area contributed by atoms with Crippen LogP contribution in [-0.2, 0) is 0 Å². The van der Waals surface area contributed by atoms with E-state index < -0.39 is 0 Å². The maximum atomic E-state index is 4.92. The highest BCUT2D eigenvalue weighted by Gasteiger charge is 2.40. The van der Waals surface area contributed by atoms with Crippen molar-refractivity contribution in [2.24, 2.45) is 5.92 Å². The van der Waals surface area contributed by atoms with Crippen molar-refractivity contribution in [3.8, 4) is 0 Å². The smallest absolute Gasteiger partial charge is 0.137 e. The van der Waals surface area contributed by atoms with Crippen LogP contribution in [0.1, 0.15) is 49.4 Å². The molecule has 2 bridgehead atoms. The number of nitrogens with zero attached hydrogens (tertiary/aromatic N) is 3. The van der Waals surface area contributed by atoms with Gasteiger partial charge in [-0.15, -0.1) is 0 Å². The third kappa shape index (κ3) is 1.80. The van der Waals surface area contributed by atoms with E-state index in [2.05, 4.69) is 17.1 Å². The molecule has 1 aromatic heterocycles. The van der Waals surface area contributed by atoms with Gasteiger partial charge < -0.3 is 10.2 Å². The molecule has 2 heterocycles. The van der Waals surface area contributed by atoms with Crippen LogP contribution in [0.3, 0.4) is 0 Å². The van der Waals surface area contributed by atoms with Crippen LogP contribution in [0.15, 0.2) is 0 Å². The van der Waals surface area contributed by atoms with Crippen LogP contribution in [-0.4, -0.2) is 29.6 Å². The van der Waals surface area contributed by atoms with E-state index in [9.17, 15) is 0 Å². The summed E-state index contributed by atoms with van der Waals surface area (Å²) in [5.74, 6) is 4.81. The molecule has 3 fully saturated rings. The monoisotopic (exact) mass is 258 g/mol. The summed E-state index contributed by atoms with van der Waals surface area (Å²) in [5.41, 5.74) is 1.22. The molecule has 4 heteroatoms. The van der Waals surface area contributed by atoms with Crippen molar-refractivity contribution in [3.05, 3.63) is 11.4 Å². The standard InChI is InChI=1S/C15H22N4/c1-9-13(16-2)17-14(11-4-5-11)18-15(9)19-8-10-3-6-12(19)7-10/h10-12H,3-8H2,1-2H3,(H,16,17,18). The fourth-order valence-electron chi connectivity index (χ4n) is 3.75. The summed E-state index contributed by atoms with van der Waals surface area (Å²) in [6.45, 7) is 3.36. The second-order valence-electron chi connectivity index (χ2n) is 6.39. The van der Waals surface area contributed by atoms with E-state index in [0.717, 1.165) is 23.6 Å². The Kier molecular flexibility index (Phi) is 2.47. The highest BCUT2D eigenvalue weighted by Crippen LogP contribution is 2.43. The van der Waals surface area contributed by atoms with Crippen molar-refractivity contribution in [1.82, 2.24) is 9.97 Å². The number of piperidine rings is 1. The Bertz CT molecular complexity index is 509. The minimum absolute atomic E-state index is 0.617. The Balaban J connectivity index is 1.75. The van der Waals surface area contributed by atoms with Crippen LogP contribution < -0.4 is 10.2 Å². The van der Waals surface area contributed by atoms with Gasteiger partial charge in [0.25, 0.3) is 0 Å². The van der Waals surface area contributed by atoms with Crippen LogP contribution in [0.2, 0.25) is 0 Å². The van der Waals surface area contributed by atoms with Gasteiger partial charge in [-0.2, -0.15) is 0 Å². The topological polar surface area (TPSA) is 41.1 Å². The largest absolute Gasteiger partial charge is 0.373 e. The number of anilines is 2. The predicted octanol–water partition coefficient (Wildman–Crippen LogP) is 2.69. The number of aromatic nitrogens is 2. The summed E-state index contributed by atoms with van der Waals surface area (Å²) in [6.07, 6.45) is 6.66. The molecule has 1 saturated heterocycles. The van der Waals surface area contributed by atoms with Crippen molar-refractivity contribution in [1.29, 1.82) is 0 Å². The molecule has 4 nitrogen and oxygen atoms in total. The molecule has 1 aromatic rings. The van der Waals surface area contributed by atoms with Gasteiger partial charge in [0.15, 0.2) is 0 Å². The third-order valence-electron chi connectivity index (χ3n) is 5.00. The Morgan fingerprint density at radius 2 is 2.00 bits per heavy atom. The number of nitrogens with one attached hydrogen (secondary N) is 1. The van der Waals surface area contributed by atoms with E-state index >= 15 is 0 Å². The number of fused-ring (bicyclic) bond motifs is 2. The van der Waals surface area contributed by atoms with Gasteiger partial charge in [0.05, 0.1) is 0 Å². The molecule has 1 N–H and O–H groups in total. The third-order valence-corrected chi connectivity index (χ3v) is 5.00. The Morgan fingerprint density at radius 1 is 1.16 bits per heavy atom. The lowest BCUT2D eigenvalue weighted by Gasteiger charge is -2.30. The molecular weight excluding hydrogens is 236 g/mol. The zero-order valence-electron chi connectivity index (χ0n) is 11.8. The van der Waals surface area contributed by atoms with E-state index in [-0.39, 0.29) is 0 Å². The maximum absolute atomic E-state index is 4.92. The molecule has 0 aromatic carbocycles. The van der Waals surface area contributed by atoms with Gasteiger partial charge in [-0.3, -0.25) is 0 Å². The minimum atomic E-state index is 0.617. The Labute approximate surface area is 114 Å². The van der Waals surface area contributed by atoms with Gasteiger partial charge in [-0.1, -0.05) is 0 Å². The summed E-state index contributed by atoms with van der Waals surface area (Å²) in [6, 6.07) is 0.732. The van der Waals surface area contributed by atoms with E-state index in [1.165, 1.54) is 50.0 Å². The lowest BCUT2D eigenvalue weighted by molar-refractivity contribution is 0.548. The first kappa shape index (κ1) is 11.5. The second kappa shape index (κ2) is 4.09. The zero-order valence-corrected chi connectivity index (χ0v) is 11.8. The van der Waals surface area contributed by atoms with Crippen molar-refractivity contribution in [2.45, 2.75) is 51.0 Å². The van der Waals surface area contributed by atoms with Crippen LogP contribution in [0, 0.1) is 12.8 Å². The van der Waals surface area contributed by atoms with Crippen LogP contribution >= 0.6 is 0 Å². The first-order valence-corrected chi connectivity index (χ1v) is 7.59. The molecule has 0 spiro atoms. The molecule has 2 unspecified atom stereocenters. The van der Waals surface area contributed by atoms with Gasteiger partial charge in [0.1, 0.15) is 17.5 Å². The molecule has 102 valence electrons. The van der Waals surface area contributed by atoms with Crippen molar-refractivity contribution in [2.75, 3.05) is 23.8 Å². The van der Waals surface area contributed by atoms with Gasteiger partial charge in [-0.25, -0.2) is 9.97 Å². The van der Waals surface area contributed by atoms with Crippen LogP contribution in [0.5, 0.6) is 0 Å². The summed E-state index contributed by atoms with van der Waals surface area (Å²) in [4.78, 5) is 12.2. The van der Waals surface area contributed by atoms with Crippen molar-refractivity contribution in [3.63, 3.8) is 0 Å². The van der Waals surface area contributed by atoms with E-state index in [0.29, 0.717) is 5.92 Å². The van der Waals surface area contributed by atoms with Gasteiger partial charge in [0.2, 0.25) is 0 Å². The Morgan fingerprint density at radius 3 is 2.58 bits per heavy atom. The van der Waals surface area contributed by atoms with Gasteiger partial charge in [-0.05, 0) is 44.9 Å². The molecule has 3 aliphatic rings. The lowest BCUT2D eigenvalue weighted by Crippen LogP contribution is -2.33. The fourth-order valence-corrected chi connectivity index (χ4v) is 3.75. The first-order valence-electron chi connectivity index (χ1n) is 7.59. The molecule has 2 atom stereocenters. The molecule has 2 saturated carbocycles. The summed E-state index contributed by atoms with van der Waals surface area (Å²) < 4.78 is 0. The normalized spacial score (nSPS) is 29.1. The van der Waals surface area contributed by atoms with E-state index in [4.69, 9.17) is 9.97 Å². The van der Waals surface area contributed by atoms with Crippen LogP contribution in [0.4, 0.5) is 11.6 Å². The molecule has 1 aliphatic heterocycles. The number of hydrogen-bond donors (Lipinski definition) is 1. The zero-order chi connectivity index (χ0) is 13.0. The average Bonchev–Trinajstić information content (AvgIpc) is 3.07. The SMILES string of the molecule is CNc1nc(C2CC2)nc(N2CC3CCC2C3)c1C. The molecular formula is C15H22N4. The molecule has 19 heavy (non-hydrogen) atoms. The molecule has 0 radical (unpaired) electrons. The highest BCUT2D eigenvalue weighted by atomic mass is 15.3. The van der Waals surface area contributed by atoms with Crippen molar-refractivity contribution < 1.29 is 0 Å². The van der Waals surface area contributed by atoms with Crippen molar-refractivity contribution >= 4 is 11.6 Å². The fraction of sp³-hybridized carbons (Fsp3) is 0.733. The second-order valence-corrected chi connectivity index (χ2v) is 6.39.